The van der Waals surface area contributed by atoms with Gasteiger partial charge in [0.1, 0.15) is 5.75 Å². The fourth-order valence-corrected chi connectivity index (χ4v) is 3.80. The molecule has 2 aromatic carbocycles. The van der Waals surface area contributed by atoms with Crippen molar-refractivity contribution in [1.82, 2.24) is 5.32 Å². The lowest BCUT2D eigenvalue weighted by Crippen LogP contribution is -2.32. The SMILES string of the molecule is COc1ccc(CNC(=O)Nc2ccc(N3CCSCC3)cc2C)cc1. The first-order valence-corrected chi connectivity index (χ1v) is 9.92. The molecule has 2 N–H and O–H groups in total. The van der Waals surface area contributed by atoms with Crippen LogP contribution in [0.2, 0.25) is 0 Å². The van der Waals surface area contributed by atoms with E-state index in [9.17, 15) is 4.79 Å². The zero-order chi connectivity index (χ0) is 18.4. The highest BCUT2D eigenvalue weighted by molar-refractivity contribution is 7.99. The van der Waals surface area contributed by atoms with E-state index >= 15 is 0 Å². The van der Waals surface area contributed by atoms with Gasteiger partial charge in [-0.05, 0) is 48.4 Å². The number of nitrogens with one attached hydrogen (secondary N) is 2. The number of benzene rings is 2. The summed E-state index contributed by atoms with van der Waals surface area (Å²) in [6, 6.07) is 13.7. The van der Waals surface area contributed by atoms with Crippen LogP contribution in [-0.2, 0) is 6.54 Å². The van der Waals surface area contributed by atoms with Gasteiger partial charge in [0.25, 0.3) is 0 Å². The van der Waals surface area contributed by atoms with Gasteiger partial charge in [-0.3, -0.25) is 0 Å². The smallest absolute Gasteiger partial charge is 0.319 e. The van der Waals surface area contributed by atoms with Crippen LogP contribution in [0, 0.1) is 6.92 Å². The predicted molar refractivity (Wildman–Crippen MR) is 110 cm³/mol. The fourth-order valence-electron chi connectivity index (χ4n) is 2.90. The fraction of sp³-hybridized carbons (Fsp3) is 0.350. The number of methoxy groups -OCH3 is 1. The molecule has 0 bridgehead atoms. The van der Waals surface area contributed by atoms with Gasteiger partial charge in [0, 0.05) is 42.5 Å². The van der Waals surface area contributed by atoms with Gasteiger partial charge in [-0.25, -0.2) is 4.79 Å². The van der Waals surface area contributed by atoms with Gasteiger partial charge >= 0.3 is 6.03 Å². The van der Waals surface area contributed by atoms with Gasteiger partial charge in [0.2, 0.25) is 0 Å². The average Bonchev–Trinajstić information content (AvgIpc) is 2.69. The van der Waals surface area contributed by atoms with Crippen molar-refractivity contribution >= 4 is 29.2 Å². The van der Waals surface area contributed by atoms with Gasteiger partial charge in [-0.1, -0.05) is 12.1 Å². The first-order valence-electron chi connectivity index (χ1n) is 8.77. The zero-order valence-electron chi connectivity index (χ0n) is 15.2. The summed E-state index contributed by atoms with van der Waals surface area (Å²) in [5.74, 6) is 3.15. The summed E-state index contributed by atoms with van der Waals surface area (Å²) in [5.41, 5.74) is 4.16. The summed E-state index contributed by atoms with van der Waals surface area (Å²) in [7, 11) is 1.64. The number of hydrogen-bond donors (Lipinski definition) is 2. The number of hydrogen-bond acceptors (Lipinski definition) is 4. The summed E-state index contributed by atoms with van der Waals surface area (Å²) in [5, 5.41) is 5.82. The van der Waals surface area contributed by atoms with Crippen LogP contribution in [0.15, 0.2) is 42.5 Å². The van der Waals surface area contributed by atoms with Crippen molar-refractivity contribution in [2.45, 2.75) is 13.5 Å². The summed E-state index contributed by atoms with van der Waals surface area (Å²) in [6.45, 7) is 4.66. The molecule has 2 amide bonds. The number of carbonyl (C=O) groups excluding carboxylic acids is 1. The molecule has 0 unspecified atom stereocenters. The van der Waals surface area contributed by atoms with E-state index in [1.54, 1.807) is 7.11 Å². The van der Waals surface area contributed by atoms with Crippen molar-refractivity contribution in [3.63, 3.8) is 0 Å². The normalized spacial score (nSPS) is 14.0. The van der Waals surface area contributed by atoms with E-state index in [-0.39, 0.29) is 6.03 Å². The van der Waals surface area contributed by atoms with Crippen molar-refractivity contribution < 1.29 is 9.53 Å². The molecule has 1 aliphatic heterocycles. The summed E-state index contributed by atoms with van der Waals surface area (Å²) in [4.78, 5) is 14.6. The molecule has 26 heavy (non-hydrogen) atoms. The number of rotatable bonds is 5. The standard InChI is InChI=1S/C20H25N3O2S/c1-15-13-17(23-9-11-26-12-10-23)5-8-19(15)22-20(24)21-14-16-3-6-18(25-2)7-4-16/h3-8,13H,9-12,14H2,1-2H3,(H2,21,22,24). The Kier molecular flexibility index (Phi) is 6.28. The number of aryl methyl sites for hydroxylation is 1. The Morgan fingerprint density at radius 1 is 1.15 bits per heavy atom. The Labute approximate surface area is 159 Å². The van der Waals surface area contributed by atoms with Gasteiger partial charge < -0.3 is 20.3 Å². The molecule has 138 valence electrons. The molecule has 0 saturated carbocycles. The summed E-state index contributed by atoms with van der Waals surface area (Å²) in [6.07, 6.45) is 0. The Morgan fingerprint density at radius 3 is 2.54 bits per heavy atom. The van der Waals surface area contributed by atoms with Gasteiger partial charge in [-0.15, -0.1) is 0 Å². The van der Waals surface area contributed by atoms with E-state index in [1.165, 1.54) is 17.2 Å². The maximum absolute atomic E-state index is 12.2. The molecule has 1 aliphatic rings. The molecule has 0 spiro atoms. The lowest BCUT2D eigenvalue weighted by molar-refractivity contribution is 0.251. The largest absolute Gasteiger partial charge is 0.497 e. The quantitative estimate of drug-likeness (QED) is 0.838. The number of carbonyl (C=O) groups is 1. The molecule has 0 aliphatic carbocycles. The van der Waals surface area contributed by atoms with Crippen LogP contribution < -0.4 is 20.3 Å². The van der Waals surface area contributed by atoms with E-state index in [4.69, 9.17) is 4.74 Å². The topological polar surface area (TPSA) is 53.6 Å². The Balaban J connectivity index is 1.54. The number of amides is 2. The molecule has 6 heteroatoms. The average molecular weight is 372 g/mol. The van der Waals surface area contributed by atoms with E-state index in [1.807, 2.05) is 49.0 Å². The first kappa shape index (κ1) is 18.5. The number of urea groups is 1. The van der Waals surface area contributed by atoms with Gasteiger partial charge in [0.15, 0.2) is 0 Å². The lowest BCUT2D eigenvalue weighted by atomic mass is 10.1. The van der Waals surface area contributed by atoms with E-state index in [2.05, 4.69) is 27.7 Å². The molecular weight excluding hydrogens is 346 g/mol. The monoisotopic (exact) mass is 371 g/mol. The second kappa shape index (κ2) is 8.85. The van der Waals surface area contributed by atoms with Gasteiger partial charge in [-0.2, -0.15) is 11.8 Å². The number of nitrogens with zero attached hydrogens (tertiary/aromatic N) is 1. The number of anilines is 2. The van der Waals surface area contributed by atoms with Gasteiger partial charge in [0.05, 0.1) is 7.11 Å². The highest BCUT2D eigenvalue weighted by Crippen LogP contribution is 2.25. The molecule has 3 rings (SSSR count). The van der Waals surface area contributed by atoms with Crippen molar-refractivity contribution in [2.24, 2.45) is 0 Å². The molecule has 0 aromatic heterocycles. The molecule has 1 fully saturated rings. The van der Waals surface area contributed by atoms with Crippen LogP contribution in [0.1, 0.15) is 11.1 Å². The second-order valence-electron chi connectivity index (χ2n) is 6.25. The minimum absolute atomic E-state index is 0.203. The van der Waals surface area contributed by atoms with Crippen LogP contribution in [0.3, 0.4) is 0 Å². The third-order valence-electron chi connectivity index (χ3n) is 4.45. The minimum Gasteiger partial charge on any atom is -0.497 e. The maximum atomic E-state index is 12.2. The highest BCUT2D eigenvalue weighted by Gasteiger charge is 2.12. The molecule has 5 nitrogen and oxygen atoms in total. The van der Waals surface area contributed by atoms with Crippen LogP contribution in [0.4, 0.5) is 16.2 Å². The highest BCUT2D eigenvalue weighted by atomic mass is 32.2. The van der Waals surface area contributed by atoms with E-state index < -0.39 is 0 Å². The third kappa shape index (κ3) is 4.85. The van der Waals surface area contributed by atoms with Crippen molar-refractivity contribution in [3.05, 3.63) is 53.6 Å². The summed E-state index contributed by atoms with van der Waals surface area (Å²) < 4.78 is 5.14. The van der Waals surface area contributed by atoms with Crippen LogP contribution in [-0.4, -0.2) is 37.7 Å². The van der Waals surface area contributed by atoms with Crippen LogP contribution >= 0.6 is 11.8 Å². The predicted octanol–water partition coefficient (Wildman–Crippen LogP) is 3.88. The first-order chi connectivity index (χ1) is 12.7. The Hall–Kier alpha value is -2.34. The lowest BCUT2D eigenvalue weighted by Gasteiger charge is -2.29. The van der Waals surface area contributed by atoms with E-state index in [0.717, 1.165) is 35.7 Å². The van der Waals surface area contributed by atoms with E-state index in [0.29, 0.717) is 6.54 Å². The van der Waals surface area contributed by atoms with Crippen molar-refractivity contribution in [2.75, 3.05) is 41.9 Å². The third-order valence-corrected chi connectivity index (χ3v) is 5.39. The van der Waals surface area contributed by atoms with Crippen molar-refractivity contribution in [3.8, 4) is 5.75 Å². The zero-order valence-corrected chi connectivity index (χ0v) is 16.1. The summed E-state index contributed by atoms with van der Waals surface area (Å²) >= 11 is 2.00. The Bertz CT molecular complexity index is 743. The minimum atomic E-state index is -0.203. The molecule has 2 aromatic rings. The Morgan fingerprint density at radius 2 is 1.88 bits per heavy atom. The molecular formula is C20H25N3O2S. The molecule has 0 radical (unpaired) electrons. The molecule has 1 heterocycles. The molecule has 1 saturated heterocycles. The van der Waals surface area contributed by atoms with Crippen LogP contribution in [0.25, 0.3) is 0 Å². The van der Waals surface area contributed by atoms with Crippen molar-refractivity contribution in [1.29, 1.82) is 0 Å². The van der Waals surface area contributed by atoms with Crippen LogP contribution in [0.5, 0.6) is 5.75 Å². The number of thioether (sulfide) groups is 1. The number of ether oxygens (including phenoxy) is 1. The maximum Gasteiger partial charge on any atom is 0.319 e. The molecule has 0 atom stereocenters. The second-order valence-corrected chi connectivity index (χ2v) is 7.48.